The molecule has 0 aliphatic heterocycles. The van der Waals surface area contributed by atoms with Gasteiger partial charge in [0.2, 0.25) is 5.91 Å². The first-order valence-corrected chi connectivity index (χ1v) is 10.3. The van der Waals surface area contributed by atoms with Crippen LogP contribution in [0.2, 0.25) is 0 Å². The number of para-hydroxylation sites is 1. The SMILES string of the molecule is CC(=O)Nc1ncccc1N(CCCN(C)C)c1ccccc1C(=O)c1ccccc1. The smallest absolute Gasteiger partial charge is 0.222 e. The van der Waals surface area contributed by atoms with Crippen LogP contribution < -0.4 is 10.2 Å². The molecule has 160 valence electrons. The number of amides is 1. The molecule has 1 N–H and O–H groups in total. The summed E-state index contributed by atoms with van der Waals surface area (Å²) in [5.74, 6) is 0.238. The summed E-state index contributed by atoms with van der Waals surface area (Å²) in [5.41, 5.74) is 2.78. The van der Waals surface area contributed by atoms with Gasteiger partial charge >= 0.3 is 0 Å². The van der Waals surface area contributed by atoms with Crippen LogP contribution in [0.1, 0.15) is 29.3 Å². The highest BCUT2D eigenvalue weighted by Gasteiger charge is 2.21. The second-order valence-electron chi connectivity index (χ2n) is 7.57. The van der Waals surface area contributed by atoms with E-state index in [1.165, 1.54) is 6.92 Å². The molecule has 0 bridgehead atoms. The number of pyridine rings is 1. The van der Waals surface area contributed by atoms with Crippen LogP contribution in [-0.2, 0) is 4.79 Å². The maximum Gasteiger partial charge on any atom is 0.222 e. The van der Waals surface area contributed by atoms with E-state index >= 15 is 0 Å². The fraction of sp³-hybridized carbons (Fsp3) is 0.240. The minimum Gasteiger partial charge on any atom is -0.338 e. The Balaban J connectivity index is 2.07. The van der Waals surface area contributed by atoms with Crippen molar-refractivity contribution >= 4 is 28.9 Å². The Hall–Kier alpha value is -3.51. The average Bonchev–Trinajstić information content (AvgIpc) is 2.77. The molecule has 0 aliphatic rings. The molecule has 0 saturated carbocycles. The van der Waals surface area contributed by atoms with Gasteiger partial charge in [0.15, 0.2) is 11.6 Å². The number of nitrogens with zero attached hydrogens (tertiary/aromatic N) is 3. The zero-order chi connectivity index (χ0) is 22.2. The van der Waals surface area contributed by atoms with Crippen molar-refractivity contribution in [3.8, 4) is 0 Å². The zero-order valence-electron chi connectivity index (χ0n) is 18.2. The molecule has 3 rings (SSSR count). The third-order valence-corrected chi connectivity index (χ3v) is 4.83. The first-order chi connectivity index (χ1) is 15.0. The molecular weight excluding hydrogens is 388 g/mol. The van der Waals surface area contributed by atoms with Crippen LogP contribution in [0.3, 0.4) is 0 Å². The standard InChI is InChI=1S/C25H28N4O2/c1-19(30)27-25-23(15-9-16-26-25)29(18-10-17-28(2)3)22-14-8-7-13-21(22)24(31)20-11-5-4-6-12-20/h4-9,11-16H,10,17-18H2,1-3H3,(H,26,27,30). The molecule has 1 heterocycles. The molecule has 1 aromatic heterocycles. The van der Waals surface area contributed by atoms with Crippen LogP contribution in [0.4, 0.5) is 17.2 Å². The normalized spacial score (nSPS) is 10.7. The summed E-state index contributed by atoms with van der Waals surface area (Å²) in [6, 6.07) is 20.6. The van der Waals surface area contributed by atoms with Crippen LogP contribution in [-0.4, -0.2) is 48.8 Å². The minimum absolute atomic E-state index is 0.0428. The summed E-state index contributed by atoms with van der Waals surface area (Å²) in [7, 11) is 4.06. The maximum atomic E-state index is 13.3. The van der Waals surface area contributed by atoms with Gasteiger partial charge in [-0.1, -0.05) is 42.5 Å². The molecule has 6 nitrogen and oxygen atoms in total. The number of carbonyl (C=O) groups is 2. The largest absolute Gasteiger partial charge is 0.338 e. The molecule has 0 radical (unpaired) electrons. The summed E-state index contributed by atoms with van der Waals surface area (Å²) in [6.07, 6.45) is 2.52. The van der Waals surface area contributed by atoms with E-state index in [2.05, 4.69) is 20.1 Å². The lowest BCUT2D eigenvalue weighted by Gasteiger charge is -2.29. The fourth-order valence-electron chi connectivity index (χ4n) is 3.44. The van der Waals surface area contributed by atoms with E-state index in [9.17, 15) is 9.59 Å². The van der Waals surface area contributed by atoms with E-state index in [0.29, 0.717) is 23.5 Å². The van der Waals surface area contributed by atoms with E-state index < -0.39 is 0 Å². The lowest BCUT2D eigenvalue weighted by atomic mass is 10.0. The molecule has 0 spiro atoms. The lowest BCUT2D eigenvalue weighted by molar-refractivity contribution is -0.114. The molecule has 6 heteroatoms. The second kappa shape index (κ2) is 10.5. The van der Waals surface area contributed by atoms with Crippen molar-refractivity contribution in [1.82, 2.24) is 9.88 Å². The monoisotopic (exact) mass is 416 g/mol. The quantitative estimate of drug-likeness (QED) is 0.525. The summed E-state index contributed by atoms with van der Waals surface area (Å²) < 4.78 is 0. The van der Waals surface area contributed by atoms with Gasteiger partial charge in [0.25, 0.3) is 0 Å². The molecule has 0 aliphatic carbocycles. The highest BCUT2D eigenvalue weighted by Crippen LogP contribution is 2.34. The molecule has 2 aromatic carbocycles. The van der Waals surface area contributed by atoms with Gasteiger partial charge in [-0.3, -0.25) is 9.59 Å². The predicted molar refractivity (Wildman–Crippen MR) is 125 cm³/mol. The lowest BCUT2D eigenvalue weighted by Crippen LogP contribution is -2.26. The fourth-order valence-corrected chi connectivity index (χ4v) is 3.44. The van der Waals surface area contributed by atoms with Gasteiger partial charge in [-0.15, -0.1) is 0 Å². The summed E-state index contributed by atoms with van der Waals surface area (Å²) in [5, 5.41) is 2.82. The summed E-state index contributed by atoms with van der Waals surface area (Å²) >= 11 is 0. The van der Waals surface area contributed by atoms with Crippen molar-refractivity contribution in [3.63, 3.8) is 0 Å². The number of aromatic nitrogens is 1. The number of ketones is 1. The highest BCUT2D eigenvalue weighted by molar-refractivity contribution is 6.13. The number of anilines is 3. The van der Waals surface area contributed by atoms with Crippen molar-refractivity contribution in [2.45, 2.75) is 13.3 Å². The average molecular weight is 417 g/mol. The first kappa shape index (κ1) is 22.2. The van der Waals surface area contributed by atoms with Crippen LogP contribution >= 0.6 is 0 Å². The zero-order valence-corrected chi connectivity index (χ0v) is 18.2. The number of nitrogens with one attached hydrogen (secondary N) is 1. The Morgan fingerprint density at radius 3 is 2.26 bits per heavy atom. The van der Waals surface area contributed by atoms with Crippen molar-refractivity contribution in [2.24, 2.45) is 0 Å². The van der Waals surface area contributed by atoms with Gasteiger partial charge < -0.3 is 15.1 Å². The number of hydrogen-bond donors (Lipinski definition) is 1. The van der Waals surface area contributed by atoms with Gasteiger partial charge in [-0.2, -0.15) is 0 Å². The number of rotatable bonds is 9. The van der Waals surface area contributed by atoms with E-state index in [4.69, 9.17) is 0 Å². The van der Waals surface area contributed by atoms with E-state index in [1.807, 2.05) is 80.8 Å². The van der Waals surface area contributed by atoms with Crippen molar-refractivity contribution in [1.29, 1.82) is 0 Å². The number of hydrogen-bond acceptors (Lipinski definition) is 5. The van der Waals surface area contributed by atoms with Crippen LogP contribution in [0.25, 0.3) is 0 Å². The van der Waals surface area contributed by atoms with Gasteiger partial charge in [0, 0.05) is 30.8 Å². The highest BCUT2D eigenvalue weighted by atomic mass is 16.1. The van der Waals surface area contributed by atoms with Crippen molar-refractivity contribution < 1.29 is 9.59 Å². The Morgan fingerprint density at radius 2 is 1.55 bits per heavy atom. The molecule has 0 fully saturated rings. The van der Waals surface area contributed by atoms with Crippen molar-refractivity contribution in [3.05, 3.63) is 84.1 Å². The Kier molecular flexibility index (Phi) is 7.51. The Labute approximate surface area is 183 Å². The minimum atomic E-state index is -0.193. The Morgan fingerprint density at radius 1 is 0.871 bits per heavy atom. The third kappa shape index (κ3) is 5.77. The third-order valence-electron chi connectivity index (χ3n) is 4.83. The van der Waals surface area contributed by atoms with E-state index in [1.54, 1.807) is 6.20 Å². The predicted octanol–water partition coefficient (Wildman–Crippen LogP) is 4.36. The van der Waals surface area contributed by atoms with Gasteiger partial charge in [0.05, 0.1) is 11.4 Å². The summed E-state index contributed by atoms with van der Waals surface area (Å²) in [4.78, 5) is 33.6. The molecule has 0 unspecified atom stereocenters. The maximum absolute atomic E-state index is 13.3. The molecule has 1 amide bonds. The number of carbonyl (C=O) groups excluding carboxylic acids is 2. The first-order valence-electron chi connectivity index (χ1n) is 10.3. The topological polar surface area (TPSA) is 65.5 Å². The summed E-state index contributed by atoms with van der Waals surface area (Å²) in [6.45, 7) is 3.01. The molecule has 3 aromatic rings. The van der Waals surface area contributed by atoms with E-state index in [-0.39, 0.29) is 11.7 Å². The van der Waals surface area contributed by atoms with Gasteiger partial charge in [0.1, 0.15) is 0 Å². The molecule has 31 heavy (non-hydrogen) atoms. The van der Waals surface area contributed by atoms with Crippen LogP contribution in [0.15, 0.2) is 72.9 Å². The Bertz CT molecular complexity index is 1030. The van der Waals surface area contributed by atoms with Gasteiger partial charge in [-0.05, 0) is 51.3 Å². The molecular formula is C25H28N4O2. The van der Waals surface area contributed by atoms with Crippen LogP contribution in [0.5, 0.6) is 0 Å². The molecule has 0 atom stereocenters. The second-order valence-corrected chi connectivity index (χ2v) is 7.57. The molecule has 0 saturated heterocycles. The van der Waals surface area contributed by atoms with E-state index in [0.717, 1.165) is 24.3 Å². The number of benzene rings is 2. The van der Waals surface area contributed by atoms with Crippen molar-refractivity contribution in [2.75, 3.05) is 37.4 Å². The van der Waals surface area contributed by atoms with Crippen LogP contribution in [0, 0.1) is 0 Å². The van der Waals surface area contributed by atoms with Gasteiger partial charge in [-0.25, -0.2) is 4.98 Å².